The quantitative estimate of drug-likeness (QED) is 0.458. The maximum absolute atomic E-state index is 10.7. The monoisotopic (exact) mass is 130 g/mol. The molecule has 1 unspecified atom stereocenters. The third-order valence-corrected chi connectivity index (χ3v) is 1.37. The Morgan fingerprint density at radius 3 is 3.00 bits per heavy atom. The van der Waals surface area contributed by atoms with Crippen LogP contribution in [0.1, 0.15) is 6.42 Å². The van der Waals surface area contributed by atoms with Crippen molar-refractivity contribution in [1.29, 1.82) is 0 Å². The number of carbonyl (C=O) groups is 1. The molecule has 0 aliphatic carbocycles. The highest BCUT2D eigenvalue weighted by Gasteiger charge is 2.18. The summed E-state index contributed by atoms with van der Waals surface area (Å²) >= 11 is 0. The molecule has 0 aromatic carbocycles. The topological polar surface area (TPSA) is 52.6 Å². The molecule has 1 aliphatic heterocycles. The molecule has 1 aliphatic rings. The smallest absolute Gasteiger partial charge is 0.319 e. The van der Waals surface area contributed by atoms with Gasteiger partial charge in [-0.25, -0.2) is 4.79 Å². The van der Waals surface area contributed by atoms with E-state index in [1.165, 1.54) is 4.90 Å². The third kappa shape index (κ3) is 1.32. The van der Waals surface area contributed by atoms with Crippen LogP contribution >= 0.6 is 0 Å². The molecule has 0 aromatic heterocycles. The number of hydrogen-bond donors (Lipinski definition) is 2. The van der Waals surface area contributed by atoms with Gasteiger partial charge < -0.3 is 15.3 Å². The predicted molar refractivity (Wildman–Crippen MR) is 31.8 cm³/mol. The van der Waals surface area contributed by atoms with Crippen LogP contribution in [0.4, 0.5) is 4.79 Å². The largest absolute Gasteiger partial charge is 0.374 e. The summed E-state index contributed by atoms with van der Waals surface area (Å²) in [5.74, 6) is 0. The standard InChI is InChI=1S/C5H10N2O2/c1-7-3-2-4(8)6-5(7)9/h4,8H,2-3H2,1H3,(H,6,9). The van der Waals surface area contributed by atoms with E-state index in [1.807, 2.05) is 0 Å². The second kappa shape index (κ2) is 2.23. The first-order valence-corrected chi connectivity index (χ1v) is 2.90. The van der Waals surface area contributed by atoms with Crippen LogP contribution in [0.2, 0.25) is 0 Å². The summed E-state index contributed by atoms with van der Waals surface area (Å²) in [6, 6.07) is -0.200. The lowest BCUT2D eigenvalue weighted by atomic mass is 10.3. The van der Waals surface area contributed by atoms with Gasteiger partial charge in [-0.15, -0.1) is 0 Å². The molecule has 1 fully saturated rings. The summed E-state index contributed by atoms with van der Waals surface area (Å²) in [7, 11) is 1.70. The Morgan fingerprint density at radius 2 is 2.56 bits per heavy atom. The highest BCUT2D eigenvalue weighted by atomic mass is 16.3. The van der Waals surface area contributed by atoms with E-state index in [9.17, 15) is 4.79 Å². The first-order chi connectivity index (χ1) is 4.20. The molecule has 2 amide bonds. The number of nitrogens with zero attached hydrogens (tertiary/aromatic N) is 1. The van der Waals surface area contributed by atoms with Gasteiger partial charge in [-0.1, -0.05) is 0 Å². The molecule has 0 aromatic rings. The fourth-order valence-corrected chi connectivity index (χ4v) is 0.742. The van der Waals surface area contributed by atoms with Gasteiger partial charge in [0, 0.05) is 20.0 Å². The van der Waals surface area contributed by atoms with E-state index in [-0.39, 0.29) is 6.03 Å². The summed E-state index contributed by atoms with van der Waals surface area (Å²) in [4.78, 5) is 12.2. The van der Waals surface area contributed by atoms with Gasteiger partial charge in [0.25, 0.3) is 0 Å². The van der Waals surface area contributed by atoms with Crippen LogP contribution in [0.5, 0.6) is 0 Å². The number of hydrogen-bond acceptors (Lipinski definition) is 2. The van der Waals surface area contributed by atoms with Gasteiger partial charge in [0.05, 0.1) is 0 Å². The Labute approximate surface area is 53.5 Å². The molecule has 1 heterocycles. The lowest BCUT2D eigenvalue weighted by Gasteiger charge is -2.26. The van der Waals surface area contributed by atoms with Gasteiger partial charge in [-0.3, -0.25) is 0 Å². The predicted octanol–water partition coefficient (Wildman–Crippen LogP) is -0.650. The first-order valence-electron chi connectivity index (χ1n) is 2.90. The van der Waals surface area contributed by atoms with Crippen molar-refractivity contribution in [3.8, 4) is 0 Å². The van der Waals surface area contributed by atoms with Crippen molar-refractivity contribution in [3.63, 3.8) is 0 Å². The third-order valence-electron chi connectivity index (χ3n) is 1.37. The first kappa shape index (κ1) is 6.35. The molecule has 1 atom stereocenters. The van der Waals surface area contributed by atoms with E-state index >= 15 is 0 Å². The van der Waals surface area contributed by atoms with Gasteiger partial charge in [0.1, 0.15) is 6.23 Å². The number of amides is 2. The number of aliphatic hydroxyl groups excluding tert-OH is 1. The lowest BCUT2D eigenvalue weighted by Crippen LogP contribution is -2.49. The molecule has 4 nitrogen and oxygen atoms in total. The molecule has 4 heteroatoms. The van der Waals surface area contributed by atoms with Crippen molar-refractivity contribution in [2.75, 3.05) is 13.6 Å². The second-order valence-corrected chi connectivity index (χ2v) is 2.18. The van der Waals surface area contributed by atoms with Gasteiger partial charge in [-0.05, 0) is 0 Å². The maximum atomic E-state index is 10.7. The molecule has 1 saturated heterocycles. The van der Waals surface area contributed by atoms with Crippen molar-refractivity contribution in [1.82, 2.24) is 10.2 Å². The van der Waals surface area contributed by atoms with Crippen molar-refractivity contribution in [2.45, 2.75) is 12.6 Å². The fraction of sp³-hybridized carbons (Fsp3) is 0.800. The Bertz CT molecular complexity index is 126. The average Bonchev–Trinajstić information content (AvgIpc) is 1.80. The zero-order chi connectivity index (χ0) is 6.85. The molecule has 0 bridgehead atoms. The Morgan fingerprint density at radius 1 is 1.89 bits per heavy atom. The molecule has 0 saturated carbocycles. The van der Waals surface area contributed by atoms with Crippen LogP contribution in [0.25, 0.3) is 0 Å². The van der Waals surface area contributed by atoms with Crippen molar-refractivity contribution in [3.05, 3.63) is 0 Å². The van der Waals surface area contributed by atoms with E-state index in [1.54, 1.807) is 7.05 Å². The van der Waals surface area contributed by atoms with Gasteiger partial charge in [0.2, 0.25) is 0 Å². The normalized spacial score (nSPS) is 28.0. The van der Waals surface area contributed by atoms with Gasteiger partial charge in [0.15, 0.2) is 0 Å². The molecule has 2 N–H and O–H groups in total. The number of urea groups is 1. The SMILES string of the molecule is CN1CCC(O)NC1=O. The van der Waals surface area contributed by atoms with Crippen molar-refractivity contribution in [2.24, 2.45) is 0 Å². The maximum Gasteiger partial charge on any atom is 0.319 e. The van der Waals surface area contributed by atoms with Crippen LogP contribution in [0.15, 0.2) is 0 Å². The molecule has 0 spiro atoms. The second-order valence-electron chi connectivity index (χ2n) is 2.18. The molecule has 0 radical (unpaired) electrons. The average molecular weight is 130 g/mol. The van der Waals surface area contributed by atoms with Crippen LogP contribution in [0, 0.1) is 0 Å². The van der Waals surface area contributed by atoms with E-state index < -0.39 is 6.23 Å². The zero-order valence-electron chi connectivity index (χ0n) is 5.29. The number of nitrogens with one attached hydrogen (secondary N) is 1. The highest BCUT2D eigenvalue weighted by Crippen LogP contribution is 1.98. The van der Waals surface area contributed by atoms with Crippen molar-refractivity contribution >= 4 is 6.03 Å². The number of carbonyl (C=O) groups excluding carboxylic acids is 1. The summed E-state index contributed by atoms with van der Waals surface area (Å²) in [6.07, 6.45) is -0.0314. The Balaban J connectivity index is 2.44. The fourth-order valence-electron chi connectivity index (χ4n) is 0.742. The van der Waals surface area contributed by atoms with E-state index in [0.29, 0.717) is 13.0 Å². The highest BCUT2D eigenvalue weighted by molar-refractivity contribution is 5.74. The lowest BCUT2D eigenvalue weighted by molar-refractivity contribution is 0.0910. The minimum atomic E-state index is -0.645. The summed E-state index contributed by atoms with van der Waals surface area (Å²) in [5.41, 5.74) is 0. The van der Waals surface area contributed by atoms with Crippen LogP contribution in [-0.4, -0.2) is 35.9 Å². The zero-order valence-corrected chi connectivity index (χ0v) is 5.29. The Hall–Kier alpha value is -0.770. The molecule has 9 heavy (non-hydrogen) atoms. The molecule has 52 valence electrons. The van der Waals surface area contributed by atoms with E-state index in [0.717, 1.165) is 0 Å². The Kier molecular flexibility index (Phi) is 1.57. The number of rotatable bonds is 0. The van der Waals surface area contributed by atoms with E-state index in [2.05, 4.69) is 5.32 Å². The summed E-state index contributed by atoms with van der Waals surface area (Å²) in [5, 5.41) is 11.2. The van der Waals surface area contributed by atoms with Gasteiger partial charge in [-0.2, -0.15) is 0 Å². The summed E-state index contributed by atoms with van der Waals surface area (Å²) in [6.45, 7) is 0.632. The minimum Gasteiger partial charge on any atom is -0.374 e. The van der Waals surface area contributed by atoms with Crippen LogP contribution in [0.3, 0.4) is 0 Å². The number of aliphatic hydroxyl groups is 1. The molecular formula is C5H10N2O2. The van der Waals surface area contributed by atoms with Crippen LogP contribution < -0.4 is 5.32 Å². The minimum absolute atomic E-state index is 0.200. The van der Waals surface area contributed by atoms with E-state index in [4.69, 9.17) is 5.11 Å². The molecular weight excluding hydrogens is 120 g/mol. The van der Waals surface area contributed by atoms with Crippen LogP contribution in [-0.2, 0) is 0 Å². The molecule has 1 rings (SSSR count). The van der Waals surface area contributed by atoms with Gasteiger partial charge >= 0.3 is 6.03 Å². The van der Waals surface area contributed by atoms with Crippen molar-refractivity contribution < 1.29 is 9.90 Å². The summed E-state index contributed by atoms with van der Waals surface area (Å²) < 4.78 is 0.